The molecule has 2 aromatic rings. The van der Waals surface area contributed by atoms with E-state index in [0.717, 1.165) is 10.1 Å². The Morgan fingerprint density at radius 3 is 2.45 bits per heavy atom. The van der Waals surface area contributed by atoms with Crippen LogP contribution < -0.4 is 0 Å². The van der Waals surface area contributed by atoms with Crippen LogP contribution in [-0.2, 0) is 19.3 Å². The molecule has 0 spiro atoms. The molecule has 0 saturated carbocycles. The molecule has 1 aliphatic rings. The number of fused-ring (bicyclic) bond motifs is 1. The summed E-state index contributed by atoms with van der Waals surface area (Å²) in [6, 6.07) is 7.05. The molecule has 0 atom stereocenters. The minimum atomic E-state index is -4.53. The van der Waals surface area contributed by atoms with Gasteiger partial charge in [-0.3, -0.25) is 4.79 Å². The predicted octanol–water partition coefficient (Wildman–Crippen LogP) is 2.26. The summed E-state index contributed by atoms with van der Waals surface area (Å²) < 4.78 is 39.3. The normalized spacial score (nSPS) is 14.8. The highest BCUT2D eigenvalue weighted by molar-refractivity contribution is 5.94. The number of alkyl halides is 3. The van der Waals surface area contributed by atoms with Gasteiger partial charge in [0.25, 0.3) is 5.91 Å². The molecule has 1 aromatic heterocycles. The zero-order valence-electron chi connectivity index (χ0n) is 11.8. The van der Waals surface area contributed by atoms with Crippen LogP contribution >= 0.6 is 0 Å². The lowest BCUT2D eigenvalue weighted by Crippen LogP contribution is -2.39. The Bertz CT molecular complexity index is 706. The van der Waals surface area contributed by atoms with E-state index in [9.17, 15) is 18.0 Å². The number of amides is 1. The van der Waals surface area contributed by atoms with Crippen molar-refractivity contribution in [2.75, 3.05) is 6.54 Å². The molecule has 1 aromatic carbocycles. The van der Waals surface area contributed by atoms with Crippen LogP contribution in [0.4, 0.5) is 13.2 Å². The van der Waals surface area contributed by atoms with Gasteiger partial charge in [0.2, 0.25) is 5.82 Å². The van der Waals surface area contributed by atoms with E-state index in [2.05, 4.69) is 10.2 Å². The summed E-state index contributed by atoms with van der Waals surface area (Å²) in [6.07, 6.45) is -4.53. The molecule has 8 heteroatoms. The second kappa shape index (κ2) is 5.11. The highest BCUT2D eigenvalue weighted by Crippen LogP contribution is 2.29. The minimum absolute atomic E-state index is 0.0236. The first-order valence-electron chi connectivity index (χ1n) is 6.71. The maximum atomic E-state index is 12.8. The van der Waals surface area contributed by atoms with Gasteiger partial charge in [-0.05, 0) is 19.1 Å². The molecular formula is C14H13F3N4O. The van der Waals surface area contributed by atoms with Gasteiger partial charge in [0.15, 0.2) is 5.82 Å². The smallest absolute Gasteiger partial charge is 0.329 e. The number of aryl methyl sites for hydroxylation is 1. The number of aromatic nitrogens is 3. The first-order chi connectivity index (χ1) is 10.4. The summed E-state index contributed by atoms with van der Waals surface area (Å²) in [5.74, 6) is -1.08. The number of carbonyl (C=O) groups excluding carboxylic acids is 1. The summed E-state index contributed by atoms with van der Waals surface area (Å²) in [7, 11) is 0. The molecule has 0 bridgehead atoms. The maximum absolute atomic E-state index is 12.8. The molecule has 5 nitrogen and oxygen atoms in total. The van der Waals surface area contributed by atoms with E-state index in [1.807, 2.05) is 19.1 Å². The Kier molecular flexibility index (Phi) is 3.38. The molecule has 0 N–H and O–H groups in total. The number of carbonyl (C=O) groups is 1. The van der Waals surface area contributed by atoms with Gasteiger partial charge in [0, 0.05) is 18.7 Å². The molecule has 1 amide bonds. The number of nitrogens with zero attached hydrogens (tertiary/aromatic N) is 4. The highest BCUT2D eigenvalue weighted by Gasteiger charge is 2.39. The van der Waals surface area contributed by atoms with Gasteiger partial charge in [0.1, 0.15) is 0 Å². The first kappa shape index (κ1) is 14.6. The van der Waals surface area contributed by atoms with Crippen molar-refractivity contribution in [1.82, 2.24) is 19.7 Å². The third-order valence-corrected chi connectivity index (χ3v) is 3.59. The third-order valence-electron chi connectivity index (χ3n) is 3.59. The molecule has 2 heterocycles. The monoisotopic (exact) mass is 310 g/mol. The quantitative estimate of drug-likeness (QED) is 0.812. The van der Waals surface area contributed by atoms with Crippen LogP contribution in [0.5, 0.6) is 0 Å². The molecule has 0 radical (unpaired) electrons. The van der Waals surface area contributed by atoms with Gasteiger partial charge in [0.05, 0.1) is 6.54 Å². The number of halogens is 3. The molecule has 0 fully saturated rings. The topological polar surface area (TPSA) is 51.0 Å². The minimum Gasteiger partial charge on any atom is -0.329 e. The fourth-order valence-corrected chi connectivity index (χ4v) is 2.42. The van der Waals surface area contributed by atoms with Crippen LogP contribution in [0.3, 0.4) is 0 Å². The Balaban J connectivity index is 1.81. The largest absolute Gasteiger partial charge is 0.451 e. The van der Waals surface area contributed by atoms with E-state index in [0.29, 0.717) is 5.56 Å². The second-order valence-corrected chi connectivity index (χ2v) is 5.18. The van der Waals surface area contributed by atoms with Gasteiger partial charge in [-0.1, -0.05) is 17.7 Å². The zero-order valence-corrected chi connectivity index (χ0v) is 11.8. The van der Waals surface area contributed by atoms with Crippen LogP contribution in [0.1, 0.15) is 27.6 Å². The SMILES string of the molecule is Cc1ccc(C(=O)N2CCn3c(nnc3C(F)(F)F)C2)cc1. The van der Waals surface area contributed by atoms with Crippen LogP contribution in [0, 0.1) is 6.92 Å². The fourth-order valence-electron chi connectivity index (χ4n) is 2.42. The average molecular weight is 310 g/mol. The van der Waals surface area contributed by atoms with Gasteiger partial charge in [-0.25, -0.2) is 0 Å². The molecule has 0 unspecified atom stereocenters. The van der Waals surface area contributed by atoms with Crippen molar-refractivity contribution >= 4 is 5.91 Å². The molecule has 22 heavy (non-hydrogen) atoms. The Morgan fingerprint density at radius 1 is 1.14 bits per heavy atom. The lowest BCUT2D eigenvalue weighted by Gasteiger charge is -2.28. The van der Waals surface area contributed by atoms with Crippen LogP contribution in [0.2, 0.25) is 0 Å². The van der Waals surface area contributed by atoms with Crippen molar-refractivity contribution < 1.29 is 18.0 Å². The predicted molar refractivity (Wildman–Crippen MR) is 70.9 cm³/mol. The number of hydrogen-bond acceptors (Lipinski definition) is 3. The fraction of sp³-hybridized carbons (Fsp3) is 0.357. The summed E-state index contributed by atoms with van der Waals surface area (Å²) >= 11 is 0. The van der Waals surface area contributed by atoms with Crippen molar-refractivity contribution in [2.45, 2.75) is 26.2 Å². The van der Waals surface area contributed by atoms with E-state index in [1.165, 1.54) is 4.90 Å². The molecule has 0 saturated heterocycles. The molecular weight excluding hydrogens is 297 g/mol. The Labute approximate surface area is 124 Å². The first-order valence-corrected chi connectivity index (χ1v) is 6.71. The standard InChI is InChI=1S/C14H13F3N4O/c1-9-2-4-10(5-3-9)12(22)20-6-7-21-11(8-20)18-19-13(21)14(15,16)17/h2-5H,6-8H2,1H3. The highest BCUT2D eigenvalue weighted by atomic mass is 19.4. The zero-order chi connectivity index (χ0) is 15.9. The van der Waals surface area contributed by atoms with Gasteiger partial charge >= 0.3 is 6.18 Å². The van der Waals surface area contributed by atoms with Crippen LogP contribution in [0.25, 0.3) is 0 Å². The Morgan fingerprint density at radius 2 is 1.82 bits per heavy atom. The summed E-state index contributed by atoms with van der Waals surface area (Å²) in [5.41, 5.74) is 1.54. The van der Waals surface area contributed by atoms with E-state index >= 15 is 0 Å². The van der Waals surface area contributed by atoms with Crippen molar-refractivity contribution in [3.63, 3.8) is 0 Å². The molecule has 3 rings (SSSR count). The van der Waals surface area contributed by atoms with Crippen molar-refractivity contribution in [3.8, 4) is 0 Å². The maximum Gasteiger partial charge on any atom is 0.451 e. The van der Waals surface area contributed by atoms with Crippen LogP contribution in [0.15, 0.2) is 24.3 Å². The van der Waals surface area contributed by atoms with E-state index in [1.54, 1.807) is 12.1 Å². The number of rotatable bonds is 1. The number of benzene rings is 1. The van der Waals surface area contributed by atoms with Gasteiger partial charge in [-0.15, -0.1) is 10.2 Å². The molecule has 0 aliphatic carbocycles. The van der Waals surface area contributed by atoms with E-state index < -0.39 is 12.0 Å². The van der Waals surface area contributed by atoms with Crippen LogP contribution in [-0.4, -0.2) is 32.1 Å². The van der Waals surface area contributed by atoms with Crippen molar-refractivity contribution in [1.29, 1.82) is 0 Å². The summed E-state index contributed by atoms with van der Waals surface area (Å²) in [4.78, 5) is 13.9. The van der Waals surface area contributed by atoms with E-state index in [-0.39, 0.29) is 31.4 Å². The molecule has 116 valence electrons. The van der Waals surface area contributed by atoms with Crippen molar-refractivity contribution in [3.05, 3.63) is 47.0 Å². The molecule has 1 aliphatic heterocycles. The lowest BCUT2D eigenvalue weighted by atomic mass is 10.1. The van der Waals surface area contributed by atoms with Gasteiger partial charge in [-0.2, -0.15) is 13.2 Å². The number of hydrogen-bond donors (Lipinski definition) is 0. The summed E-state index contributed by atoms with van der Waals surface area (Å²) in [6.45, 7) is 2.17. The lowest BCUT2D eigenvalue weighted by molar-refractivity contribution is -0.147. The summed E-state index contributed by atoms with van der Waals surface area (Å²) in [5, 5.41) is 6.76. The second-order valence-electron chi connectivity index (χ2n) is 5.18. The van der Waals surface area contributed by atoms with Crippen molar-refractivity contribution in [2.24, 2.45) is 0 Å². The van der Waals surface area contributed by atoms with E-state index in [4.69, 9.17) is 0 Å². The van der Waals surface area contributed by atoms with Gasteiger partial charge < -0.3 is 9.47 Å². The third kappa shape index (κ3) is 2.56. The average Bonchev–Trinajstić information content (AvgIpc) is 2.90. The Hall–Kier alpha value is -2.38.